The summed E-state index contributed by atoms with van der Waals surface area (Å²) in [6, 6.07) is 0.219. The van der Waals surface area contributed by atoms with Crippen molar-refractivity contribution in [2.45, 2.75) is 32.4 Å². The van der Waals surface area contributed by atoms with Crippen molar-refractivity contribution in [1.29, 1.82) is 0 Å². The molecule has 106 valence electrons. The molecule has 0 aromatic carbocycles. The maximum absolute atomic E-state index is 12.5. The van der Waals surface area contributed by atoms with E-state index in [1.54, 1.807) is 23.4 Å². The third-order valence-corrected chi connectivity index (χ3v) is 3.70. The molecule has 3 heterocycles. The molecule has 1 saturated heterocycles. The van der Waals surface area contributed by atoms with E-state index in [1.165, 1.54) is 6.33 Å². The number of aryl methyl sites for hydroxylation is 1. The normalized spacial score (nSPS) is 19.2. The van der Waals surface area contributed by atoms with Gasteiger partial charge in [-0.1, -0.05) is 0 Å². The Hall–Kier alpha value is -2.18. The van der Waals surface area contributed by atoms with Gasteiger partial charge in [0.05, 0.1) is 17.8 Å². The van der Waals surface area contributed by atoms with Gasteiger partial charge in [-0.25, -0.2) is 9.67 Å². The van der Waals surface area contributed by atoms with Gasteiger partial charge in [0.2, 0.25) is 0 Å². The molecule has 0 unspecified atom stereocenters. The fraction of sp³-hybridized carbons (Fsp3) is 0.538. The molecule has 0 aliphatic carbocycles. The molecule has 1 atom stereocenters. The first-order valence-corrected chi connectivity index (χ1v) is 6.93. The number of likely N-dealkylation sites (tertiary alicyclic amines) is 1. The zero-order valence-corrected chi connectivity index (χ0v) is 11.5. The standard InChI is InChI=1S/C13H18N6O/c1-2-18-7-11(6-15-18)13(20)17-5-3-4-12(8-17)19-10-14-9-16-19/h6-7,9-10,12H,2-5,8H2,1H3/t12-/m0/s1. The Labute approximate surface area is 117 Å². The van der Waals surface area contributed by atoms with Crippen molar-refractivity contribution >= 4 is 5.91 Å². The van der Waals surface area contributed by atoms with E-state index in [1.807, 2.05) is 16.5 Å². The Kier molecular flexibility index (Phi) is 3.49. The largest absolute Gasteiger partial charge is 0.336 e. The molecule has 0 saturated carbocycles. The predicted octanol–water partition coefficient (Wildman–Crippen LogP) is 0.972. The summed E-state index contributed by atoms with van der Waals surface area (Å²) in [6.45, 7) is 4.25. The monoisotopic (exact) mass is 274 g/mol. The molecule has 7 heteroatoms. The second-order valence-corrected chi connectivity index (χ2v) is 5.01. The molecule has 20 heavy (non-hydrogen) atoms. The number of hydrogen-bond donors (Lipinski definition) is 0. The van der Waals surface area contributed by atoms with Crippen molar-refractivity contribution < 1.29 is 4.79 Å². The van der Waals surface area contributed by atoms with E-state index >= 15 is 0 Å². The van der Waals surface area contributed by atoms with Crippen LogP contribution < -0.4 is 0 Å². The minimum Gasteiger partial charge on any atom is -0.336 e. The number of piperidine rings is 1. The topological polar surface area (TPSA) is 68.8 Å². The summed E-state index contributed by atoms with van der Waals surface area (Å²) in [4.78, 5) is 18.3. The lowest BCUT2D eigenvalue weighted by atomic mass is 10.1. The van der Waals surface area contributed by atoms with Crippen LogP contribution in [0.1, 0.15) is 36.2 Å². The van der Waals surface area contributed by atoms with E-state index in [9.17, 15) is 4.79 Å². The lowest BCUT2D eigenvalue weighted by Crippen LogP contribution is -2.40. The Bertz CT molecular complexity index is 575. The second kappa shape index (κ2) is 5.44. The summed E-state index contributed by atoms with van der Waals surface area (Å²) >= 11 is 0. The molecule has 2 aromatic rings. The van der Waals surface area contributed by atoms with Gasteiger partial charge in [-0.15, -0.1) is 0 Å². The van der Waals surface area contributed by atoms with E-state index < -0.39 is 0 Å². The summed E-state index contributed by atoms with van der Waals surface area (Å²) in [5.74, 6) is 0.0505. The van der Waals surface area contributed by atoms with Gasteiger partial charge in [0.1, 0.15) is 12.7 Å². The maximum Gasteiger partial charge on any atom is 0.257 e. The molecule has 0 N–H and O–H groups in total. The van der Waals surface area contributed by atoms with Gasteiger partial charge in [-0.05, 0) is 19.8 Å². The van der Waals surface area contributed by atoms with Crippen LogP contribution >= 0.6 is 0 Å². The molecular formula is C13H18N6O. The number of nitrogens with zero attached hydrogens (tertiary/aromatic N) is 6. The zero-order chi connectivity index (χ0) is 13.9. The van der Waals surface area contributed by atoms with Crippen LogP contribution in [0, 0.1) is 0 Å². The van der Waals surface area contributed by atoms with Crippen LogP contribution in [0.25, 0.3) is 0 Å². The second-order valence-electron chi connectivity index (χ2n) is 5.01. The van der Waals surface area contributed by atoms with Crippen molar-refractivity contribution in [3.05, 3.63) is 30.6 Å². The van der Waals surface area contributed by atoms with Gasteiger partial charge in [0, 0.05) is 25.8 Å². The average Bonchev–Trinajstić information content (AvgIpc) is 3.17. The van der Waals surface area contributed by atoms with Crippen molar-refractivity contribution in [2.24, 2.45) is 0 Å². The van der Waals surface area contributed by atoms with E-state index in [4.69, 9.17) is 0 Å². The van der Waals surface area contributed by atoms with Crippen LogP contribution in [-0.4, -0.2) is 48.4 Å². The van der Waals surface area contributed by atoms with Gasteiger partial charge in [-0.3, -0.25) is 9.48 Å². The van der Waals surface area contributed by atoms with Crippen molar-refractivity contribution in [2.75, 3.05) is 13.1 Å². The third-order valence-electron chi connectivity index (χ3n) is 3.70. The van der Waals surface area contributed by atoms with Gasteiger partial charge >= 0.3 is 0 Å². The van der Waals surface area contributed by atoms with Crippen LogP contribution in [0.15, 0.2) is 25.0 Å². The highest BCUT2D eigenvalue weighted by atomic mass is 16.2. The molecule has 0 radical (unpaired) electrons. The van der Waals surface area contributed by atoms with Crippen LogP contribution in [0.3, 0.4) is 0 Å². The van der Waals surface area contributed by atoms with Crippen LogP contribution in [0.2, 0.25) is 0 Å². The SMILES string of the molecule is CCn1cc(C(=O)N2CCC[C@H](n3cncn3)C2)cn1. The van der Waals surface area contributed by atoms with Gasteiger partial charge in [0.15, 0.2) is 0 Å². The first kappa shape index (κ1) is 12.8. The number of rotatable bonds is 3. The lowest BCUT2D eigenvalue weighted by molar-refractivity contribution is 0.0672. The summed E-state index contributed by atoms with van der Waals surface area (Å²) in [5, 5.41) is 8.34. The number of hydrogen-bond acceptors (Lipinski definition) is 4. The van der Waals surface area contributed by atoms with Gasteiger partial charge in [0.25, 0.3) is 5.91 Å². The minimum absolute atomic E-state index is 0.0505. The first-order chi connectivity index (χ1) is 9.78. The molecule has 0 bridgehead atoms. The van der Waals surface area contributed by atoms with Crippen LogP contribution in [0.5, 0.6) is 0 Å². The van der Waals surface area contributed by atoms with E-state index in [0.29, 0.717) is 12.1 Å². The number of amides is 1. The molecule has 2 aromatic heterocycles. The molecular weight excluding hydrogens is 256 g/mol. The summed E-state index contributed by atoms with van der Waals surface area (Å²) in [6.07, 6.45) is 8.71. The Morgan fingerprint density at radius 2 is 2.35 bits per heavy atom. The quantitative estimate of drug-likeness (QED) is 0.836. The number of carbonyl (C=O) groups excluding carboxylic acids is 1. The fourth-order valence-corrected chi connectivity index (χ4v) is 2.59. The molecule has 0 spiro atoms. The third kappa shape index (κ3) is 2.43. The van der Waals surface area contributed by atoms with Crippen LogP contribution in [0.4, 0.5) is 0 Å². The molecule has 1 amide bonds. The molecule has 1 aliphatic heterocycles. The van der Waals surface area contributed by atoms with E-state index in [0.717, 1.165) is 25.9 Å². The highest BCUT2D eigenvalue weighted by molar-refractivity contribution is 5.93. The zero-order valence-electron chi connectivity index (χ0n) is 11.5. The first-order valence-electron chi connectivity index (χ1n) is 6.93. The van der Waals surface area contributed by atoms with Crippen LogP contribution in [-0.2, 0) is 6.54 Å². The van der Waals surface area contributed by atoms with Crippen molar-refractivity contribution in [3.8, 4) is 0 Å². The molecule has 7 nitrogen and oxygen atoms in total. The van der Waals surface area contributed by atoms with Gasteiger partial charge in [-0.2, -0.15) is 10.2 Å². The van der Waals surface area contributed by atoms with Crippen molar-refractivity contribution in [3.63, 3.8) is 0 Å². The average molecular weight is 274 g/mol. The van der Waals surface area contributed by atoms with E-state index in [2.05, 4.69) is 15.2 Å². The number of carbonyl (C=O) groups is 1. The van der Waals surface area contributed by atoms with Gasteiger partial charge < -0.3 is 4.90 Å². The number of aromatic nitrogens is 5. The lowest BCUT2D eigenvalue weighted by Gasteiger charge is -2.32. The Morgan fingerprint density at radius 1 is 1.45 bits per heavy atom. The highest BCUT2D eigenvalue weighted by Gasteiger charge is 2.26. The maximum atomic E-state index is 12.5. The van der Waals surface area contributed by atoms with E-state index in [-0.39, 0.29) is 11.9 Å². The predicted molar refractivity (Wildman–Crippen MR) is 72.1 cm³/mol. The summed E-state index contributed by atoms with van der Waals surface area (Å²) < 4.78 is 3.61. The molecule has 3 rings (SSSR count). The summed E-state index contributed by atoms with van der Waals surface area (Å²) in [5.41, 5.74) is 0.658. The molecule has 1 fully saturated rings. The Balaban J connectivity index is 1.71. The van der Waals surface area contributed by atoms with Crippen molar-refractivity contribution in [1.82, 2.24) is 29.4 Å². The Morgan fingerprint density at radius 3 is 3.05 bits per heavy atom. The highest BCUT2D eigenvalue weighted by Crippen LogP contribution is 2.21. The summed E-state index contributed by atoms with van der Waals surface area (Å²) in [7, 11) is 0. The smallest absolute Gasteiger partial charge is 0.257 e. The fourth-order valence-electron chi connectivity index (χ4n) is 2.59. The molecule has 1 aliphatic rings. The minimum atomic E-state index is 0.0505.